The van der Waals surface area contributed by atoms with Crippen molar-refractivity contribution in [2.75, 3.05) is 39.8 Å². The standard InChI is InChI=1S/C24H33N5O/c1-30-20-6-7-23-22(14-20)21-8-11-29(17-24(21)27-23)16-19-4-2-18(3-5-19)15-28(12-9-25)13-10-26/h2-7,14,27H,8-13,15-17,25-26H2,1H3. The van der Waals surface area contributed by atoms with Crippen LogP contribution in [0, 0.1) is 0 Å². The highest BCUT2D eigenvalue weighted by Crippen LogP contribution is 2.30. The van der Waals surface area contributed by atoms with Crippen molar-refractivity contribution in [2.45, 2.75) is 26.1 Å². The number of rotatable bonds is 9. The van der Waals surface area contributed by atoms with Gasteiger partial charge in [0.05, 0.1) is 7.11 Å². The van der Waals surface area contributed by atoms with E-state index in [1.54, 1.807) is 7.11 Å². The van der Waals surface area contributed by atoms with Crippen molar-refractivity contribution in [1.82, 2.24) is 14.8 Å². The second kappa shape index (κ2) is 9.62. The van der Waals surface area contributed by atoms with Crippen molar-refractivity contribution >= 4 is 10.9 Å². The van der Waals surface area contributed by atoms with Crippen molar-refractivity contribution in [3.05, 3.63) is 64.8 Å². The van der Waals surface area contributed by atoms with Crippen molar-refractivity contribution in [1.29, 1.82) is 0 Å². The summed E-state index contributed by atoms with van der Waals surface area (Å²) in [5.74, 6) is 0.920. The molecule has 6 nitrogen and oxygen atoms in total. The zero-order chi connectivity index (χ0) is 20.9. The summed E-state index contributed by atoms with van der Waals surface area (Å²) in [5, 5.41) is 1.30. The number of methoxy groups -OCH3 is 1. The minimum Gasteiger partial charge on any atom is -0.497 e. The fraction of sp³-hybridized carbons (Fsp3) is 0.417. The fourth-order valence-electron chi connectivity index (χ4n) is 4.44. The van der Waals surface area contributed by atoms with Crippen LogP contribution in [0.4, 0.5) is 0 Å². The molecular formula is C24H33N5O. The van der Waals surface area contributed by atoms with Crippen LogP contribution in [0.2, 0.25) is 0 Å². The van der Waals surface area contributed by atoms with Crippen LogP contribution >= 0.6 is 0 Å². The highest BCUT2D eigenvalue weighted by atomic mass is 16.5. The number of H-pyrrole nitrogens is 1. The molecule has 0 unspecified atom stereocenters. The lowest BCUT2D eigenvalue weighted by atomic mass is 10.0. The number of aromatic nitrogens is 1. The van der Waals surface area contributed by atoms with Gasteiger partial charge in [-0.25, -0.2) is 0 Å². The number of hydrogen-bond donors (Lipinski definition) is 3. The lowest BCUT2D eigenvalue weighted by molar-refractivity contribution is 0.243. The molecule has 0 amide bonds. The third kappa shape index (κ3) is 4.68. The lowest BCUT2D eigenvalue weighted by Gasteiger charge is -2.27. The van der Waals surface area contributed by atoms with Gasteiger partial charge in [-0.2, -0.15) is 0 Å². The summed E-state index contributed by atoms with van der Waals surface area (Å²) >= 11 is 0. The van der Waals surface area contributed by atoms with E-state index in [1.165, 1.54) is 33.3 Å². The molecule has 160 valence electrons. The first-order valence-electron chi connectivity index (χ1n) is 10.8. The van der Waals surface area contributed by atoms with Crippen LogP contribution in [0.5, 0.6) is 5.75 Å². The Morgan fingerprint density at radius 2 is 1.77 bits per heavy atom. The normalized spacial score (nSPS) is 14.4. The van der Waals surface area contributed by atoms with Gasteiger partial charge in [0.2, 0.25) is 0 Å². The van der Waals surface area contributed by atoms with E-state index in [4.69, 9.17) is 16.2 Å². The van der Waals surface area contributed by atoms with Crippen LogP contribution in [0.25, 0.3) is 10.9 Å². The Morgan fingerprint density at radius 3 is 2.47 bits per heavy atom. The van der Waals surface area contributed by atoms with Crippen molar-refractivity contribution in [3.8, 4) is 5.75 Å². The maximum Gasteiger partial charge on any atom is 0.119 e. The third-order valence-corrected chi connectivity index (χ3v) is 5.99. The quantitative estimate of drug-likeness (QED) is 0.507. The zero-order valence-corrected chi connectivity index (χ0v) is 17.9. The Bertz CT molecular complexity index is 960. The molecule has 1 aromatic heterocycles. The zero-order valence-electron chi connectivity index (χ0n) is 17.9. The molecule has 1 aliphatic rings. The minimum atomic E-state index is 0.662. The van der Waals surface area contributed by atoms with Crippen molar-refractivity contribution in [3.63, 3.8) is 0 Å². The molecule has 0 bridgehead atoms. The van der Waals surface area contributed by atoms with E-state index in [0.29, 0.717) is 13.1 Å². The van der Waals surface area contributed by atoms with Gasteiger partial charge >= 0.3 is 0 Å². The molecular weight excluding hydrogens is 374 g/mol. The molecule has 5 N–H and O–H groups in total. The van der Waals surface area contributed by atoms with Gasteiger partial charge < -0.3 is 21.2 Å². The van der Waals surface area contributed by atoms with Crippen LogP contribution in [-0.4, -0.2) is 54.6 Å². The lowest BCUT2D eigenvalue weighted by Crippen LogP contribution is -2.33. The van der Waals surface area contributed by atoms with Crippen LogP contribution in [0.15, 0.2) is 42.5 Å². The van der Waals surface area contributed by atoms with Crippen molar-refractivity contribution < 1.29 is 4.74 Å². The molecule has 3 aromatic rings. The summed E-state index contributed by atoms with van der Waals surface area (Å²) in [7, 11) is 1.72. The molecule has 4 rings (SSSR count). The predicted molar refractivity (Wildman–Crippen MR) is 122 cm³/mol. The van der Waals surface area contributed by atoms with E-state index in [1.807, 2.05) is 6.07 Å². The number of fused-ring (bicyclic) bond motifs is 3. The Labute approximate surface area is 178 Å². The van der Waals surface area contributed by atoms with Gasteiger partial charge in [0, 0.05) is 69.0 Å². The highest BCUT2D eigenvalue weighted by Gasteiger charge is 2.21. The molecule has 6 heteroatoms. The SMILES string of the molecule is COc1ccc2[nH]c3c(c2c1)CCN(Cc1ccc(CN(CCN)CCN)cc1)C3. The number of nitrogens with zero attached hydrogens (tertiary/aromatic N) is 2. The second-order valence-electron chi connectivity index (χ2n) is 8.12. The van der Waals surface area contributed by atoms with E-state index in [2.05, 4.69) is 51.2 Å². The van der Waals surface area contributed by atoms with Gasteiger partial charge in [-0.1, -0.05) is 24.3 Å². The molecule has 0 spiro atoms. The van der Waals surface area contributed by atoms with Crippen LogP contribution in [0.1, 0.15) is 22.4 Å². The molecule has 0 aliphatic carbocycles. The van der Waals surface area contributed by atoms with E-state index in [-0.39, 0.29) is 0 Å². The van der Waals surface area contributed by atoms with Gasteiger partial charge in [-0.3, -0.25) is 9.80 Å². The van der Waals surface area contributed by atoms with Gasteiger partial charge in [0.1, 0.15) is 5.75 Å². The summed E-state index contributed by atoms with van der Waals surface area (Å²) in [6.45, 7) is 6.98. The largest absolute Gasteiger partial charge is 0.497 e. The molecule has 30 heavy (non-hydrogen) atoms. The summed E-state index contributed by atoms with van der Waals surface area (Å²) < 4.78 is 5.40. The number of aromatic amines is 1. The van der Waals surface area contributed by atoms with Gasteiger partial charge in [-0.05, 0) is 41.3 Å². The van der Waals surface area contributed by atoms with Crippen molar-refractivity contribution in [2.24, 2.45) is 11.5 Å². The van der Waals surface area contributed by atoms with Crippen LogP contribution in [0.3, 0.4) is 0 Å². The molecule has 0 saturated carbocycles. The average Bonchev–Trinajstić information content (AvgIpc) is 3.12. The van der Waals surface area contributed by atoms with E-state index in [0.717, 1.165) is 51.4 Å². The smallest absolute Gasteiger partial charge is 0.119 e. The van der Waals surface area contributed by atoms with E-state index >= 15 is 0 Å². The molecule has 0 saturated heterocycles. The minimum absolute atomic E-state index is 0.662. The Morgan fingerprint density at radius 1 is 1.03 bits per heavy atom. The Hall–Kier alpha value is -2.38. The van der Waals surface area contributed by atoms with E-state index < -0.39 is 0 Å². The monoisotopic (exact) mass is 407 g/mol. The van der Waals surface area contributed by atoms with Gasteiger partial charge in [0.15, 0.2) is 0 Å². The summed E-state index contributed by atoms with van der Waals surface area (Å²) in [6, 6.07) is 15.3. The predicted octanol–water partition coefficient (Wildman–Crippen LogP) is 2.45. The molecule has 0 atom stereocenters. The van der Waals surface area contributed by atoms with Gasteiger partial charge in [-0.15, -0.1) is 0 Å². The second-order valence-corrected chi connectivity index (χ2v) is 8.12. The number of hydrogen-bond acceptors (Lipinski definition) is 5. The Balaban J connectivity index is 1.40. The summed E-state index contributed by atoms with van der Waals surface area (Å²) in [4.78, 5) is 8.44. The molecule has 1 aliphatic heterocycles. The number of nitrogens with two attached hydrogens (primary N) is 2. The summed E-state index contributed by atoms with van der Waals surface area (Å²) in [6.07, 6.45) is 1.06. The number of ether oxygens (including phenoxy) is 1. The maximum absolute atomic E-state index is 5.72. The molecule has 2 heterocycles. The Kier molecular flexibility index (Phi) is 6.69. The van der Waals surface area contributed by atoms with E-state index in [9.17, 15) is 0 Å². The molecule has 0 fully saturated rings. The molecule has 0 radical (unpaired) electrons. The van der Waals surface area contributed by atoms with Gasteiger partial charge in [0.25, 0.3) is 0 Å². The number of benzene rings is 2. The maximum atomic E-state index is 5.72. The summed E-state index contributed by atoms with van der Waals surface area (Å²) in [5.41, 5.74) is 18.1. The highest BCUT2D eigenvalue weighted by molar-refractivity contribution is 5.86. The third-order valence-electron chi connectivity index (χ3n) is 5.99. The first kappa shape index (κ1) is 20.9. The average molecular weight is 408 g/mol. The first-order valence-corrected chi connectivity index (χ1v) is 10.8. The van der Waals surface area contributed by atoms with Crippen LogP contribution < -0.4 is 16.2 Å². The number of nitrogens with one attached hydrogen (secondary N) is 1. The topological polar surface area (TPSA) is 83.5 Å². The van der Waals surface area contributed by atoms with Crippen LogP contribution in [-0.2, 0) is 26.1 Å². The first-order chi connectivity index (χ1) is 14.7. The molecule has 2 aromatic carbocycles. The fourth-order valence-corrected chi connectivity index (χ4v) is 4.44.